The maximum Gasteiger partial charge on any atom is 0.134 e. The maximum absolute atomic E-state index is 5.44. The van der Waals surface area contributed by atoms with Crippen LogP contribution in [0, 0.1) is 13.8 Å². The minimum atomic E-state index is 0.384. The molecule has 0 radical (unpaired) electrons. The smallest absolute Gasteiger partial charge is 0.134 e. The lowest BCUT2D eigenvalue weighted by molar-refractivity contribution is 0.193. The highest BCUT2D eigenvalue weighted by Crippen LogP contribution is 2.26. The zero-order chi connectivity index (χ0) is 14.5. The van der Waals surface area contributed by atoms with E-state index in [2.05, 4.69) is 33.0 Å². The number of ether oxygens (including phenoxy) is 1. The molecule has 4 heteroatoms. The number of aryl methyl sites for hydroxylation is 2. The zero-order valence-corrected chi connectivity index (χ0v) is 13.2. The van der Waals surface area contributed by atoms with Gasteiger partial charge in [-0.25, -0.2) is 9.97 Å². The van der Waals surface area contributed by atoms with Crippen molar-refractivity contribution in [1.82, 2.24) is 15.3 Å². The van der Waals surface area contributed by atoms with E-state index >= 15 is 0 Å². The lowest BCUT2D eigenvalue weighted by Gasteiger charge is -2.19. The van der Waals surface area contributed by atoms with Gasteiger partial charge in [-0.3, -0.25) is 0 Å². The second-order valence-corrected chi connectivity index (χ2v) is 5.83. The quantitative estimate of drug-likeness (QED) is 0.812. The molecule has 20 heavy (non-hydrogen) atoms. The molecule has 1 aromatic rings. The third-order valence-electron chi connectivity index (χ3n) is 4.01. The molecule has 0 spiro atoms. The monoisotopic (exact) mass is 277 g/mol. The summed E-state index contributed by atoms with van der Waals surface area (Å²) >= 11 is 0. The van der Waals surface area contributed by atoms with E-state index < -0.39 is 0 Å². The largest absolute Gasteiger partial charge is 0.381 e. The molecule has 0 aromatic carbocycles. The molecule has 1 aliphatic heterocycles. The molecule has 0 aliphatic carbocycles. The fourth-order valence-electron chi connectivity index (χ4n) is 2.98. The Morgan fingerprint density at radius 3 is 2.55 bits per heavy atom. The minimum Gasteiger partial charge on any atom is -0.381 e. The molecule has 0 bridgehead atoms. The molecular weight excluding hydrogens is 250 g/mol. The van der Waals surface area contributed by atoms with Crippen LogP contribution in [-0.2, 0) is 4.74 Å². The van der Waals surface area contributed by atoms with Crippen molar-refractivity contribution in [1.29, 1.82) is 0 Å². The first kappa shape index (κ1) is 15.4. The Morgan fingerprint density at radius 2 is 2.00 bits per heavy atom. The Balaban J connectivity index is 2.13. The minimum absolute atomic E-state index is 0.384. The van der Waals surface area contributed by atoms with Crippen LogP contribution >= 0.6 is 0 Å². The molecule has 2 atom stereocenters. The van der Waals surface area contributed by atoms with Gasteiger partial charge in [0.15, 0.2) is 0 Å². The molecule has 0 saturated carbocycles. The number of hydrogen-bond acceptors (Lipinski definition) is 4. The van der Waals surface area contributed by atoms with Crippen molar-refractivity contribution in [3.8, 4) is 0 Å². The Labute approximate surface area is 122 Å². The van der Waals surface area contributed by atoms with E-state index in [0.717, 1.165) is 49.9 Å². The molecule has 1 aliphatic rings. The molecule has 112 valence electrons. The van der Waals surface area contributed by atoms with Crippen LogP contribution in [0.5, 0.6) is 0 Å². The lowest BCUT2D eigenvalue weighted by atomic mass is 9.97. The number of aromatic nitrogens is 2. The highest BCUT2D eigenvalue weighted by atomic mass is 16.5. The summed E-state index contributed by atoms with van der Waals surface area (Å²) in [5.74, 6) is 1.81. The maximum atomic E-state index is 5.44. The van der Waals surface area contributed by atoms with E-state index in [0.29, 0.717) is 11.8 Å². The van der Waals surface area contributed by atoms with Gasteiger partial charge in [0, 0.05) is 30.5 Å². The number of rotatable bonds is 6. The first-order chi connectivity index (χ1) is 9.63. The molecule has 1 N–H and O–H groups in total. The van der Waals surface area contributed by atoms with Crippen LogP contribution in [0.4, 0.5) is 0 Å². The highest BCUT2D eigenvalue weighted by molar-refractivity contribution is 5.29. The van der Waals surface area contributed by atoms with Gasteiger partial charge in [-0.05, 0) is 44.7 Å². The predicted molar refractivity (Wildman–Crippen MR) is 81.3 cm³/mol. The van der Waals surface area contributed by atoms with E-state index in [4.69, 9.17) is 14.7 Å². The molecule has 4 nitrogen and oxygen atoms in total. The Morgan fingerprint density at radius 1 is 1.30 bits per heavy atom. The summed E-state index contributed by atoms with van der Waals surface area (Å²) in [6.45, 7) is 12.3. The van der Waals surface area contributed by atoms with Crippen LogP contribution in [0.15, 0.2) is 0 Å². The average Bonchev–Trinajstić information content (AvgIpc) is 2.92. The summed E-state index contributed by atoms with van der Waals surface area (Å²) in [6.07, 6.45) is 2.22. The second kappa shape index (κ2) is 7.14. The number of nitrogens with one attached hydrogen (secondary N) is 1. The van der Waals surface area contributed by atoms with Gasteiger partial charge in [0.1, 0.15) is 5.82 Å². The predicted octanol–water partition coefficient (Wildman–Crippen LogP) is 2.70. The van der Waals surface area contributed by atoms with Gasteiger partial charge in [-0.15, -0.1) is 0 Å². The van der Waals surface area contributed by atoms with Gasteiger partial charge < -0.3 is 10.1 Å². The standard InChI is InChI=1S/C16H27N3O/c1-5-7-17-9-11(2)15-12(3)18-16(19-13(15)4)14-6-8-20-10-14/h11,14,17H,5-10H2,1-4H3. The molecule has 2 heterocycles. The van der Waals surface area contributed by atoms with Crippen molar-refractivity contribution in [2.75, 3.05) is 26.3 Å². The Hall–Kier alpha value is -1.00. The Bertz CT molecular complexity index is 418. The van der Waals surface area contributed by atoms with Crippen LogP contribution in [0.3, 0.4) is 0 Å². The van der Waals surface area contributed by atoms with Crippen LogP contribution in [0.2, 0.25) is 0 Å². The molecular formula is C16H27N3O. The van der Waals surface area contributed by atoms with E-state index in [1.807, 2.05) is 0 Å². The first-order valence-electron chi connectivity index (χ1n) is 7.77. The molecule has 2 rings (SSSR count). The van der Waals surface area contributed by atoms with Crippen molar-refractivity contribution >= 4 is 0 Å². The summed E-state index contributed by atoms with van der Waals surface area (Å²) in [6, 6.07) is 0. The molecule has 1 saturated heterocycles. The second-order valence-electron chi connectivity index (χ2n) is 5.83. The topological polar surface area (TPSA) is 47.0 Å². The van der Waals surface area contributed by atoms with Crippen molar-refractivity contribution in [2.24, 2.45) is 0 Å². The Kier molecular flexibility index (Phi) is 5.49. The van der Waals surface area contributed by atoms with Crippen LogP contribution in [0.25, 0.3) is 0 Å². The fourth-order valence-corrected chi connectivity index (χ4v) is 2.98. The molecule has 1 aromatic heterocycles. The van der Waals surface area contributed by atoms with Crippen LogP contribution < -0.4 is 5.32 Å². The normalized spacial score (nSPS) is 20.3. The summed E-state index contributed by atoms with van der Waals surface area (Å²) < 4.78 is 5.44. The van der Waals surface area contributed by atoms with Gasteiger partial charge in [0.2, 0.25) is 0 Å². The fraction of sp³-hybridized carbons (Fsp3) is 0.750. The lowest BCUT2D eigenvalue weighted by Crippen LogP contribution is -2.23. The van der Waals surface area contributed by atoms with Crippen molar-refractivity contribution < 1.29 is 4.74 Å². The van der Waals surface area contributed by atoms with Crippen molar-refractivity contribution in [2.45, 2.75) is 52.4 Å². The van der Waals surface area contributed by atoms with Crippen molar-refractivity contribution in [3.05, 3.63) is 22.8 Å². The number of hydrogen-bond donors (Lipinski definition) is 1. The van der Waals surface area contributed by atoms with E-state index in [9.17, 15) is 0 Å². The summed E-state index contributed by atoms with van der Waals surface area (Å²) in [4.78, 5) is 9.49. The van der Waals surface area contributed by atoms with Crippen LogP contribution in [0.1, 0.15) is 61.3 Å². The molecule has 2 unspecified atom stereocenters. The van der Waals surface area contributed by atoms with Gasteiger partial charge in [-0.1, -0.05) is 13.8 Å². The van der Waals surface area contributed by atoms with Gasteiger partial charge >= 0.3 is 0 Å². The van der Waals surface area contributed by atoms with Crippen LogP contribution in [-0.4, -0.2) is 36.3 Å². The van der Waals surface area contributed by atoms with Gasteiger partial charge in [-0.2, -0.15) is 0 Å². The third kappa shape index (κ3) is 3.55. The zero-order valence-electron chi connectivity index (χ0n) is 13.2. The van der Waals surface area contributed by atoms with E-state index in [1.54, 1.807) is 0 Å². The van der Waals surface area contributed by atoms with E-state index in [-0.39, 0.29) is 0 Å². The first-order valence-corrected chi connectivity index (χ1v) is 7.77. The highest BCUT2D eigenvalue weighted by Gasteiger charge is 2.23. The molecule has 0 amide bonds. The van der Waals surface area contributed by atoms with Crippen molar-refractivity contribution in [3.63, 3.8) is 0 Å². The SMILES string of the molecule is CCCNCC(C)c1c(C)nc(C2CCOC2)nc1C. The summed E-state index contributed by atoms with van der Waals surface area (Å²) in [7, 11) is 0. The summed E-state index contributed by atoms with van der Waals surface area (Å²) in [5, 5.41) is 3.48. The average molecular weight is 277 g/mol. The van der Waals surface area contributed by atoms with Gasteiger partial charge in [0.25, 0.3) is 0 Å². The van der Waals surface area contributed by atoms with Gasteiger partial charge in [0.05, 0.1) is 6.61 Å². The number of nitrogens with zero attached hydrogens (tertiary/aromatic N) is 2. The van der Waals surface area contributed by atoms with E-state index in [1.165, 1.54) is 12.0 Å². The third-order valence-corrected chi connectivity index (χ3v) is 4.01. The summed E-state index contributed by atoms with van der Waals surface area (Å²) in [5.41, 5.74) is 3.56. The molecule has 1 fully saturated rings.